The highest BCUT2D eigenvalue weighted by atomic mass is 32.1. The third-order valence-corrected chi connectivity index (χ3v) is 4.57. The Kier molecular flexibility index (Phi) is 4.02. The number of hydrogen-bond donors (Lipinski definition) is 3. The fourth-order valence-corrected chi connectivity index (χ4v) is 3.24. The number of phenolic OH excluding ortho intramolecular Hbond substituents is 2. The van der Waals surface area contributed by atoms with Gasteiger partial charge < -0.3 is 15.5 Å². The molecule has 0 aliphatic heterocycles. The largest absolute Gasteiger partial charge is 0.504 e. The second kappa shape index (κ2) is 5.96. The van der Waals surface area contributed by atoms with Gasteiger partial charge in [-0.25, -0.2) is 4.98 Å². The molecule has 1 aliphatic carbocycles. The molecular formula is C16H18N2O3S. The van der Waals surface area contributed by atoms with Crippen molar-refractivity contribution in [3.8, 4) is 11.5 Å². The monoisotopic (exact) mass is 318 g/mol. The van der Waals surface area contributed by atoms with Crippen molar-refractivity contribution < 1.29 is 15.0 Å². The summed E-state index contributed by atoms with van der Waals surface area (Å²) in [4.78, 5) is 17.4. The summed E-state index contributed by atoms with van der Waals surface area (Å²) in [7, 11) is 0. The van der Waals surface area contributed by atoms with Crippen LogP contribution in [0.3, 0.4) is 0 Å². The maximum atomic E-state index is 12.4. The van der Waals surface area contributed by atoms with E-state index >= 15 is 0 Å². The van der Waals surface area contributed by atoms with Crippen molar-refractivity contribution in [1.82, 2.24) is 10.3 Å². The molecule has 1 amide bonds. The van der Waals surface area contributed by atoms with Crippen molar-refractivity contribution in [2.75, 3.05) is 0 Å². The van der Waals surface area contributed by atoms with E-state index in [0.717, 1.165) is 24.1 Å². The van der Waals surface area contributed by atoms with Gasteiger partial charge in [0.2, 0.25) is 0 Å². The smallest absolute Gasteiger partial charge is 0.263 e. The fraction of sp³-hybridized carbons (Fsp3) is 0.375. The predicted molar refractivity (Wildman–Crippen MR) is 84.5 cm³/mol. The molecule has 22 heavy (non-hydrogen) atoms. The number of aromatic nitrogens is 1. The molecule has 116 valence electrons. The first-order chi connectivity index (χ1) is 10.5. The van der Waals surface area contributed by atoms with Crippen molar-refractivity contribution in [2.24, 2.45) is 0 Å². The van der Waals surface area contributed by atoms with Gasteiger partial charge in [0.15, 0.2) is 11.5 Å². The van der Waals surface area contributed by atoms with E-state index < -0.39 is 0 Å². The normalized spacial score (nSPS) is 15.5. The molecule has 1 fully saturated rings. The summed E-state index contributed by atoms with van der Waals surface area (Å²) in [6.07, 6.45) is 2.82. The number of nitrogens with one attached hydrogen (secondary N) is 1. The average molecular weight is 318 g/mol. The zero-order valence-corrected chi connectivity index (χ0v) is 13.1. The molecule has 0 bridgehead atoms. The summed E-state index contributed by atoms with van der Waals surface area (Å²) in [6.45, 7) is 1.92. The van der Waals surface area contributed by atoms with Crippen molar-refractivity contribution in [2.45, 2.75) is 38.1 Å². The number of phenols is 2. The van der Waals surface area contributed by atoms with E-state index in [1.807, 2.05) is 6.92 Å². The number of rotatable bonds is 5. The van der Waals surface area contributed by atoms with E-state index in [1.165, 1.54) is 23.5 Å². The van der Waals surface area contributed by atoms with Gasteiger partial charge in [-0.15, -0.1) is 11.3 Å². The van der Waals surface area contributed by atoms with Gasteiger partial charge in [-0.1, -0.05) is 6.07 Å². The molecule has 2 aromatic rings. The molecule has 0 saturated heterocycles. The first-order valence-corrected chi connectivity index (χ1v) is 8.17. The van der Waals surface area contributed by atoms with Gasteiger partial charge in [0.1, 0.15) is 4.88 Å². The lowest BCUT2D eigenvalue weighted by Gasteiger charge is -2.14. The van der Waals surface area contributed by atoms with Gasteiger partial charge in [-0.2, -0.15) is 0 Å². The molecule has 1 aliphatic rings. The maximum absolute atomic E-state index is 12.4. The molecule has 1 aromatic carbocycles. The minimum absolute atomic E-state index is 0.0782. The zero-order valence-electron chi connectivity index (χ0n) is 12.2. The summed E-state index contributed by atoms with van der Waals surface area (Å²) in [5.41, 5.74) is 3.51. The topological polar surface area (TPSA) is 82.5 Å². The van der Waals surface area contributed by atoms with Crippen molar-refractivity contribution in [3.63, 3.8) is 0 Å². The number of carbonyl (C=O) groups excluding carboxylic acids is 1. The van der Waals surface area contributed by atoms with E-state index in [2.05, 4.69) is 10.3 Å². The van der Waals surface area contributed by atoms with Crippen LogP contribution < -0.4 is 5.32 Å². The molecule has 3 N–H and O–H groups in total. The number of benzene rings is 1. The van der Waals surface area contributed by atoms with Gasteiger partial charge in [0, 0.05) is 12.0 Å². The van der Waals surface area contributed by atoms with E-state index in [0.29, 0.717) is 17.2 Å². The van der Waals surface area contributed by atoms with E-state index in [4.69, 9.17) is 0 Å². The number of thiazole rings is 1. The Labute approximate surface area is 132 Å². The Hall–Kier alpha value is -2.08. The van der Waals surface area contributed by atoms with Crippen LogP contribution >= 0.6 is 11.3 Å². The SMILES string of the molecule is C[C@@H](Cc1ccc(O)c(O)c1)NC(=O)c1scnc1C1CC1. The third kappa shape index (κ3) is 3.22. The Bertz CT molecular complexity index is 694. The lowest BCUT2D eigenvalue weighted by molar-refractivity contribution is 0.0943. The number of nitrogens with zero attached hydrogens (tertiary/aromatic N) is 1. The molecule has 0 unspecified atom stereocenters. The Morgan fingerprint density at radius 3 is 2.86 bits per heavy atom. The first-order valence-electron chi connectivity index (χ1n) is 7.29. The molecule has 1 saturated carbocycles. The minimum atomic E-state index is -0.144. The quantitative estimate of drug-likeness (QED) is 0.740. The van der Waals surface area contributed by atoms with Gasteiger partial charge in [0.05, 0.1) is 11.2 Å². The Morgan fingerprint density at radius 1 is 1.41 bits per heavy atom. The highest BCUT2D eigenvalue weighted by Crippen LogP contribution is 2.41. The summed E-state index contributed by atoms with van der Waals surface area (Å²) in [5.74, 6) is 0.0879. The van der Waals surface area contributed by atoms with E-state index in [-0.39, 0.29) is 23.4 Å². The van der Waals surface area contributed by atoms with Gasteiger partial charge in [0.25, 0.3) is 5.91 Å². The molecule has 3 rings (SSSR count). The van der Waals surface area contributed by atoms with Crippen LogP contribution in [0.4, 0.5) is 0 Å². The lowest BCUT2D eigenvalue weighted by atomic mass is 10.1. The van der Waals surface area contributed by atoms with E-state index in [9.17, 15) is 15.0 Å². The van der Waals surface area contributed by atoms with Crippen LogP contribution in [0.2, 0.25) is 0 Å². The second-order valence-electron chi connectivity index (χ2n) is 5.74. The van der Waals surface area contributed by atoms with Crippen LogP contribution in [0.25, 0.3) is 0 Å². The van der Waals surface area contributed by atoms with Gasteiger partial charge >= 0.3 is 0 Å². The summed E-state index contributed by atoms with van der Waals surface area (Å²) in [5, 5.41) is 21.8. The summed E-state index contributed by atoms with van der Waals surface area (Å²) >= 11 is 1.38. The third-order valence-electron chi connectivity index (χ3n) is 3.72. The fourth-order valence-electron chi connectivity index (χ4n) is 2.46. The number of aromatic hydroxyl groups is 2. The minimum Gasteiger partial charge on any atom is -0.504 e. The van der Waals surface area contributed by atoms with Crippen molar-refractivity contribution in [1.29, 1.82) is 0 Å². The molecule has 0 radical (unpaired) electrons. The maximum Gasteiger partial charge on any atom is 0.263 e. The number of carbonyl (C=O) groups is 1. The number of amides is 1. The molecule has 0 spiro atoms. The highest BCUT2D eigenvalue weighted by Gasteiger charge is 2.30. The van der Waals surface area contributed by atoms with Crippen LogP contribution in [0.1, 0.15) is 46.6 Å². The van der Waals surface area contributed by atoms with Gasteiger partial charge in [-0.3, -0.25) is 4.79 Å². The van der Waals surface area contributed by atoms with Crippen LogP contribution in [0, 0.1) is 0 Å². The van der Waals surface area contributed by atoms with Crippen molar-refractivity contribution in [3.05, 3.63) is 39.8 Å². The lowest BCUT2D eigenvalue weighted by Crippen LogP contribution is -2.34. The number of hydrogen-bond acceptors (Lipinski definition) is 5. The molecule has 1 atom stereocenters. The zero-order chi connectivity index (χ0) is 15.7. The molecule has 1 heterocycles. The summed E-state index contributed by atoms with van der Waals surface area (Å²) < 4.78 is 0. The van der Waals surface area contributed by atoms with E-state index in [1.54, 1.807) is 11.6 Å². The van der Waals surface area contributed by atoms with Crippen molar-refractivity contribution >= 4 is 17.2 Å². The Morgan fingerprint density at radius 2 is 2.18 bits per heavy atom. The summed E-state index contributed by atoms with van der Waals surface area (Å²) in [6, 6.07) is 4.62. The molecule has 6 heteroatoms. The second-order valence-corrected chi connectivity index (χ2v) is 6.60. The molecule has 1 aromatic heterocycles. The van der Waals surface area contributed by atoms with Crippen LogP contribution in [0.15, 0.2) is 23.7 Å². The highest BCUT2D eigenvalue weighted by molar-refractivity contribution is 7.11. The Balaban J connectivity index is 1.63. The predicted octanol–water partition coefficient (Wildman–Crippen LogP) is 2.79. The van der Waals surface area contributed by atoms with Crippen LogP contribution in [0.5, 0.6) is 11.5 Å². The first kappa shape index (κ1) is 14.8. The standard InChI is InChI=1S/C16H18N2O3S/c1-9(6-10-2-5-12(19)13(20)7-10)18-16(21)15-14(11-3-4-11)17-8-22-15/h2,5,7-9,11,19-20H,3-4,6H2,1H3,(H,18,21)/t9-/m0/s1. The van der Waals surface area contributed by atoms with Crippen LogP contribution in [-0.2, 0) is 6.42 Å². The van der Waals surface area contributed by atoms with Crippen LogP contribution in [-0.4, -0.2) is 27.1 Å². The average Bonchev–Trinajstić information content (AvgIpc) is 3.19. The van der Waals surface area contributed by atoms with Gasteiger partial charge in [-0.05, 0) is 43.9 Å². The molecular weight excluding hydrogens is 300 g/mol. The molecule has 5 nitrogen and oxygen atoms in total.